The van der Waals surface area contributed by atoms with Crippen LogP contribution in [0.25, 0.3) is 11.3 Å². The first-order chi connectivity index (χ1) is 7.43. The van der Waals surface area contributed by atoms with Crippen LogP contribution in [-0.2, 0) is 6.54 Å². The van der Waals surface area contributed by atoms with E-state index in [9.17, 15) is 0 Å². The molecule has 0 spiro atoms. The van der Waals surface area contributed by atoms with E-state index < -0.39 is 0 Å². The number of nitrogens with one attached hydrogen (secondary N) is 1. The highest BCUT2D eigenvalue weighted by atomic mass is 16.3. The molecule has 15 heavy (non-hydrogen) atoms. The van der Waals surface area contributed by atoms with Gasteiger partial charge < -0.3 is 14.2 Å². The lowest BCUT2D eigenvalue weighted by Gasteiger charge is -2.00. The molecule has 2 aromatic rings. The minimum absolute atomic E-state index is 0.680. The van der Waals surface area contributed by atoms with E-state index in [-0.39, 0.29) is 0 Å². The maximum Gasteiger partial charge on any atom is 0.181 e. The Labute approximate surface area is 87.3 Å². The van der Waals surface area contributed by atoms with Crippen LogP contribution in [0, 0.1) is 0 Å². The van der Waals surface area contributed by atoms with E-state index in [0.29, 0.717) is 6.04 Å². The number of rotatable bonds is 4. The minimum atomic E-state index is 0.680. The van der Waals surface area contributed by atoms with Gasteiger partial charge in [0.1, 0.15) is 12.0 Å². The molecule has 0 radical (unpaired) electrons. The van der Waals surface area contributed by atoms with Crippen molar-refractivity contribution in [3.05, 3.63) is 30.7 Å². The third-order valence-electron chi connectivity index (χ3n) is 2.56. The molecule has 1 aliphatic rings. The third-order valence-corrected chi connectivity index (χ3v) is 2.56. The highest BCUT2D eigenvalue weighted by Gasteiger charge is 2.21. The van der Waals surface area contributed by atoms with E-state index in [1.54, 1.807) is 12.5 Å². The van der Waals surface area contributed by atoms with Crippen molar-refractivity contribution in [2.75, 3.05) is 0 Å². The quantitative estimate of drug-likeness (QED) is 0.829. The van der Waals surface area contributed by atoms with E-state index in [4.69, 9.17) is 8.83 Å². The lowest BCUT2D eigenvalue weighted by Crippen LogP contribution is -2.15. The highest BCUT2D eigenvalue weighted by molar-refractivity contribution is 5.57. The van der Waals surface area contributed by atoms with E-state index in [1.165, 1.54) is 19.2 Å². The summed E-state index contributed by atoms with van der Waals surface area (Å²) in [6.45, 7) is 0.766. The molecule has 0 atom stereocenters. The summed E-state index contributed by atoms with van der Waals surface area (Å²) < 4.78 is 10.4. The molecule has 0 aromatic carbocycles. The van der Waals surface area contributed by atoms with Crippen molar-refractivity contribution >= 4 is 0 Å². The second-order valence-corrected chi connectivity index (χ2v) is 3.80. The molecule has 1 saturated carbocycles. The van der Waals surface area contributed by atoms with Crippen LogP contribution in [0.4, 0.5) is 0 Å². The number of hydrogen-bond acceptors (Lipinski definition) is 4. The lowest BCUT2D eigenvalue weighted by molar-refractivity contribution is 0.555. The first kappa shape index (κ1) is 8.73. The monoisotopic (exact) mass is 204 g/mol. The van der Waals surface area contributed by atoms with Crippen molar-refractivity contribution < 1.29 is 8.83 Å². The zero-order valence-corrected chi connectivity index (χ0v) is 8.27. The molecule has 4 heteroatoms. The Morgan fingerprint density at radius 3 is 3.13 bits per heavy atom. The van der Waals surface area contributed by atoms with Gasteiger partial charge in [-0.3, -0.25) is 0 Å². The lowest BCUT2D eigenvalue weighted by atomic mass is 10.2. The van der Waals surface area contributed by atoms with Gasteiger partial charge in [-0.2, -0.15) is 0 Å². The standard InChI is InChI=1S/C11H12N2O2/c1-2-9(1)12-5-10-11(15-7-13-10)8-3-4-14-6-8/h3-4,6-7,9,12H,1-2,5H2. The van der Waals surface area contributed by atoms with Gasteiger partial charge in [0.2, 0.25) is 0 Å². The fourth-order valence-corrected chi connectivity index (χ4v) is 1.55. The molecular weight excluding hydrogens is 192 g/mol. The number of furan rings is 1. The highest BCUT2D eigenvalue weighted by Crippen LogP contribution is 2.25. The summed E-state index contributed by atoms with van der Waals surface area (Å²) in [4.78, 5) is 4.20. The molecule has 2 heterocycles. The zero-order valence-electron chi connectivity index (χ0n) is 8.27. The van der Waals surface area contributed by atoms with E-state index in [1.807, 2.05) is 6.07 Å². The van der Waals surface area contributed by atoms with Crippen molar-refractivity contribution in [1.29, 1.82) is 0 Å². The van der Waals surface area contributed by atoms with Gasteiger partial charge in [-0.05, 0) is 18.9 Å². The normalized spacial score (nSPS) is 15.7. The summed E-state index contributed by atoms with van der Waals surface area (Å²) in [6.07, 6.45) is 7.33. The van der Waals surface area contributed by atoms with E-state index in [2.05, 4.69) is 10.3 Å². The van der Waals surface area contributed by atoms with Crippen LogP contribution < -0.4 is 5.32 Å². The average Bonchev–Trinajstić information content (AvgIpc) is 2.79. The van der Waals surface area contributed by atoms with Crippen molar-refractivity contribution in [3.8, 4) is 11.3 Å². The molecule has 3 rings (SSSR count). The summed E-state index contributed by atoms with van der Waals surface area (Å²) in [6, 6.07) is 2.56. The maximum absolute atomic E-state index is 5.35. The van der Waals surface area contributed by atoms with Gasteiger partial charge in [-0.25, -0.2) is 4.98 Å². The molecule has 0 aliphatic heterocycles. The van der Waals surface area contributed by atoms with Crippen LogP contribution in [0.2, 0.25) is 0 Å². The van der Waals surface area contributed by atoms with Gasteiger partial charge >= 0.3 is 0 Å². The first-order valence-corrected chi connectivity index (χ1v) is 5.12. The third kappa shape index (κ3) is 1.80. The van der Waals surface area contributed by atoms with Gasteiger partial charge in [0.15, 0.2) is 12.2 Å². The van der Waals surface area contributed by atoms with Crippen LogP contribution in [0.15, 0.2) is 33.8 Å². The Hall–Kier alpha value is -1.55. The Balaban J connectivity index is 1.79. The molecule has 2 aromatic heterocycles. The van der Waals surface area contributed by atoms with Crippen LogP contribution in [0.5, 0.6) is 0 Å². The smallest absolute Gasteiger partial charge is 0.181 e. The SMILES string of the molecule is c1cc(-c2ocnc2CNC2CC2)co1. The Morgan fingerprint density at radius 1 is 1.47 bits per heavy atom. The predicted octanol–water partition coefficient (Wildman–Crippen LogP) is 2.19. The molecule has 0 amide bonds. The van der Waals surface area contributed by atoms with E-state index >= 15 is 0 Å². The van der Waals surface area contributed by atoms with Crippen molar-refractivity contribution in [2.45, 2.75) is 25.4 Å². The second-order valence-electron chi connectivity index (χ2n) is 3.80. The maximum atomic E-state index is 5.35. The zero-order chi connectivity index (χ0) is 10.1. The summed E-state index contributed by atoms with van der Waals surface area (Å²) in [5.74, 6) is 0.803. The second kappa shape index (κ2) is 3.55. The molecular formula is C11H12N2O2. The van der Waals surface area contributed by atoms with Gasteiger partial charge in [-0.15, -0.1) is 0 Å². The van der Waals surface area contributed by atoms with Crippen molar-refractivity contribution in [2.24, 2.45) is 0 Å². The molecule has 1 N–H and O–H groups in total. The molecule has 0 bridgehead atoms. The largest absolute Gasteiger partial charge is 0.472 e. The summed E-state index contributed by atoms with van der Waals surface area (Å²) in [5, 5.41) is 3.41. The fraction of sp³-hybridized carbons (Fsp3) is 0.364. The number of oxazole rings is 1. The van der Waals surface area contributed by atoms with Gasteiger partial charge in [0, 0.05) is 12.6 Å². The number of aromatic nitrogens is 1. The average molecular weight is 204 g/mol. The van der Waals surface area contributed by atoms with Crippen LogP contribution in [0.1, 0.15) is 18.5 Å². The topological polar surface area (TPSA) is 51.2 Å². The number of nitrogens with zero attached hydrogens (tertiary/aromatic N) is 1. The molecule has 1 aliphatic carbocycles. The van der Waals surface area contributed by atoms with Crippen molar-refractivity contribution in [3.63, 3.8) is 0 Å². The van der Waals surface area contributed by atoms with E-state index in [0.717, 1.165) is 23.6 Å². The minimum Gasteiger partial charge on any atom is -0.472 e. The van der Waals surface area contributed by atoms with Gasteiger partial charge in [-0.1, -0.05) is 0 Å². The molecule has 0 unspecified atom stereocenters. The van der Waals surface area contributed by atoms with Crippen LogP contribution in [0.3, 0.4) is 0 Å². The van der Waals surface area contributed by atoms with Crippen LogP contribution >= 0.6 is 0 Å². The Kier molecular flexibility index (Phi) is 2.07. The summed E-state index contributed by atoms with van der Waals surface area (Å²) >= 11 is 0. The number of hydrogen-bond donors (Lipinski definition) is 1. The molecule has 1 fully saturated rings. The summed E-state index contributed by atoms with van der Waals surface area (Å²) in [7, 11) is 0. The van der Waals surface area contributed by atoms with Gasteiger partial charge in [0.05, 0.1) is 11.8 Å². The fourth-order valence-electron chi connectivity index (χ4n) is 1.55. The first-order valence-electron chi connectivity index (χ1n) is 5.12. The summed E-state index contributed by atoms with van der Waals surface area (Å²) in [5.41, 5.74) is 1.89. The Bertz CT molecular complexity index is 429. The molecule has 4 nitrogen and oxygen atoms in total. The van der Waals surface area contributed by atoms with Crippen LogP contribution in [-0.4, -0.2) is 11.0 Å². The molecule has 0 saturated heterocycles. The van der Waals surface area contributed by atoms with Gasteiger partial charge in [0.25, 0.3) is 0 Å². The van der Waals surface area contributed by atoms with Crippen molar-refractivity contribution in [1.82, 2.24) is 10.3 Å². The Morgan fingerprint density at radius 2 is 2.40 bits per heavy atom. The predicted molar refractivity (Wildman–Crippen MR) is 54.1 cm³/mol. The molecule has 78 valence electrons.